The first-order chi connectivity index (χ1) is 19.0. The van der Waals surface area contributed by atoms with Crippen LogP contribution in [-0.4, -0.2) is 49.0 Å². The van der Waals surface area contributed by atoms with Crippen molar-refractivity contribution in [2.24, 2.45) is 0 Å². The lowest BCUT2D eigenvalue weighted by molar-refractivity contribution is -0.148. The molecule has 0 spiro atoms. The molecule has 2 aromatic carbocycles. The second-order valence-corrected chi connectivity index (χ2v) is 12.2. The van der Waals surface area contributed by atoms with Gasteiger partial charge in [0.05, 0.1) is 0 Å². The number of aliphatic hydroxyl groups is 1. The Balaban J connectivity index is 1.36. The summed E-state index contributed by atoms with van der Waals surface area (Å²) in [6, 6.07) is 10.3. The number of aromatic nitrogens is 1. The maximum absolute atomic E-state index is 14.3. The molecule has 0 bridgehead atoms. The van der Waals surface area contributed by atoms with Crippen molar-refractivity contribution in [3.8, 4) is 5.75 Å². The number of aromatic amines is 1. The summed E-state index contributed by atoms with van der Waals surface area (Å²) in [5.74, 6) is -0.557. The molecule has 204 valence electrons. The van der Waals surface area contributed by atoms with Crippen LogP contribution in [0.15, 0.2) is 66.0 Å². The number of benzene rings is 2. The van der Waals surface area contributed by atoms with Gasteiger partial charge in [-0.3, -0.25) is 14.5 Å². The van der Waals surface area contributed by atoms with E-state index in [0.717, 1.165) is 33.3 Å². The van der Waals surface area contributed by atoms with Crippen LogP contribution in [0.5, 0.6) is 5.75 Å². The minimum absolute atomic E-state index is 0.0348. The van der Waals surface area contributed by atoms with Crippen molar-refractivity contribution in [2.75, 3.05) is 5.32 Å². The molecule has 40 heavy (non-hydrogen) atoms. The Hall–Kier alpha value is -4.30. The van der Waals surface area contributed by atoms with Crippen LogP contribution in [-0.2, 0) is 27.0 Å². The molecule has 8 nitrogen and oxygen atoms in total. The summed E-state index contributed by atoms with van der Waals surface area (Å²) in [6.45, 7) is 8.15. The molecule has 0 aliphatic carbocycles. The summed E-state index contributed by atoms with van der Waals surface area (Å²) < 4.78 is 0. The monoisotopic (exact) mass is 536 g/mol. The van der Waals surface area contributed by atoms with Gasteiger partial charge < -0.3 is 25.4 Å². The molecule has 8 heteroatoms. The predicted molar refractivity (Wildman–Crippen MR) is 153 cm³/mol. The van der Waals surface area contributed by atoms with Crippen LogP contribution in [0.2, 0.25) is 0 Å². The highest BCUT2D eigenvalue weighted by Crippen LogP contribution is 2.53. The molecule has 0 unspecified atom stereocenters. The Labute approximate surface area is 232 Å². The lowest BCUT2D eigenvalue weighted by atomic mass is 9.85. The zero-order valence-electron chi connectivity index (χ0n) is 22.9. The Morgan fingerprint density at radius 2 is 1.95 bits per heavy atom. The van der Waals surface area contributed by atoms with Gasteiger partial charge in [0.15, 0.2) is 0 Å². The van der Waals surface area contributed by atoms with Crippen molar-refractivity contribution >= 4 is 34.5 Å². The molecule has 7 rings (SSSR count). The maximum Gasteiger partial charge on any atom is 0.273 e. The number of H-pyrrole nitrogens is 1. The first-order valence-corrected chi connectivity index (χ1v) is 13.7. The van der Waals surface area contributed by atoms with Crippen molar-refractivity contribution in [3.05, 3.63) is 88.4 Å². The van der Waals surface area contributed by atoms with Crippen molar-refractivity contribution in [1.29, 1.82) is 0 Å². The number of fused-ring (bicyclic) bond motifs is 9. The molecule has 2 amide bonds. The quantitative estimate of drug-likeness (QED) is 0.283. The molecule has 1 aromatic heterocycles. The van der Waals surface area contributed by atoms with E-state index >= 15 is 0 Å². The smallest absolute Gasteiger partial charge is 0.273 e. The number of allylic oxidation sites excluding steroid dienone is 3. The average molecular weight is 537 g/mol. The Bertz CT molecular complexity index is 1720. The first kappa shape index (κ1) is 24.7. The van der Waals surface area contributed by atoms with E-state index in [-0.39, 0.29) is 29.7 Å². The maximum atomic E-state index is 14.3. The number of hydrogen-bond donors (Lipinski definition) is 4. The molecular weight excluding hydrogens is 504 g/mol. The van der Waals surface area contributed by atoms with Gasteiger partial charge >= 0.3 is 0 Å². The minimum atomic E-state index is -1.53. The number of phenols is 1. The molecule has 3 aromatic rings. The topological polar surface area (TPSA) is 109 Å². The van der Waals surface area contributed by atoms with Crippen molar-refractivity contribution in [3.63, 3.8) is 0 Å². The summed E-state index contributed by atoms with van der Waals surface area (Å²) in [4.78, 5) is 34.8. The van der Waals surface area contributed by atoms with E-state index in [1.165, 1.54) is 9.80 Å². The molecule has 4 aliphatic rings. The zero-order chi connectivity index (χ0) is 28.1. The van der Waals surface area contributed by atoms with Crippen molar-refractivity contribution in [2.45, 2.75) is 63.8 Å². The highest BCUT2D eigenvalue weighted by Gasteiger charge is 2.63. The van der Waals surface area contributed by atoms with Gasteiger partial charge in [0, 0.05) is 51.4 Å². The third-order valence-corrected chi connectivity index (χ3v) is 8.80. The van der Waals surface area contributed by atoms with Gasteiger partial charge in [-0.05, 0) is 50.1 Å². The number of aromatic hydroxyl groups is 1. The number of nitrogens with zero attached hydrogens (tertiary/aromatic N) is 2. The Kier molecular flexibility index (Phi) is 5.01. The van der Waals surface area contributed by atoms with Crippen LogP contribution in [0.4, 0.5) is 5.69 Å². The van der Waals surface area contributed by atoms with E-state index in [1.54, 1.807) is 24.4 Å². The van der Waals surface area contributed by atoms with Gasteiger partial charge in [-0.1, -0.05) is 49.8 Å². The molecule has 2 fully saturated rings. The summed E-state index contributed by atoms with van der Waals surface area (Å²) >= 11 is 0. The number of carbonyl (C=O) groups excluding carboxylic acids is 2. The highest BCUT2D eigenvalue weighted by molar-refractivity contribution is 6.10. The number of nitrogens with one attached hydrogen (secondary N) is 2. The van der Waals surface area contributed by atoms with E-state index in [2.05, 4.69) is 30.2 Å². The molecule has 4 N–H and O–H groups in total. The zero-order valence-corrected chi connectivity index (χ0v) is 22.9. The van der Waals surface area contributed by atoms with Crippen molar-refractivity contribution in [1.82, 2.24) is 14.8 Å². The second-order valence-electron chi connectivity index (χ2n) is 12.2. The summed E-state index contributed by atoms with van der Waals surface area (Å²) in [5.41, 5.74) is 4.26. The van der Waals surface area contributed by atoms with Gasteiger partial charge in [0.2, 0.25) is 0 Å². The summed E-state index contributed by atoms with van der Waals surface area (Å²) in [5, 5.41) is 27.0. The Morgan fingerprint density at radius 1 is 1.18 bits per heavy atom. The van der Waals surface area contributed by atoms with E-state index in [0.29, 0.717) is 17.7 Å². The fourth-order valence-corrected chi connectivity index (χ4v) is 6.74. The number of rotatable bonds is 2. The van der Waals surface area contributed by atoms with Crippen LogP contribution in [0, 0.1) is 0 Å². The largest absolute Gasteiger partial charge is 0.508 e. The molecule has 5 heterocycles. The highest BCUT2D eigenvalue weighted by atomic mass is 16.3. The lowest BCUT2D eigenvalue weighted by Crippen LogP contribution is -2.58. The molecule has 0 radical (unpaired) electrons. The summed E-state index contributed by atoms with van der Waals surface area (Å²) in [6.07, 6.45) is 7.26. The third-order valence-electron chi connectivity index (χ3n) is 8.80. The fourth-order valence-electron chi connectivity index (χ4n) is 6.74. The number of hydrogen-bond acceptors (Lipinski definition) is 5. The van der Waals surface area contributed by atoms with Gasteiger partial charge in [0.1, 0.15) is 29.3 Å². The minimum Gasteiger partial charge on any atom is -0.508 e. The lowest BCUT2D eigenvalue weighted by Gasteiger charge is -2.40. The van der Waals surface area contributed by atoms with E-state index in [9.17, 15) is 19.8 Å². The van der Waals surface area contributed by atoms with Crippen LogP contribution >= 0.6 is 0 Å². The van der Waals surface area contributed by atoms with E-state index < -0.39 is 23.2 Å². The second kappa shape index (κ2) is 8.11. The molecule has 2 saturated heterocycles. The Morgan fingerprint density at radius 3 is 2.73 bits per heavy atom. The van der Waals surface area contributed by atoms with Gasteiger partial charge in [0.25, 0.3) is 11.8 Å². The number of phenolic OH excluding ortho intramolecular Hbond substituents is 1. The molecule has 4 aliphatic heterocycles. The third kappa shape index (κ3) is 3.29. The molecule has 3 atom stereocenters. The first-order valence-electron chi connectivity index (χ1n) is 13.7. The number of carbonyl (C=O) groups is 2. The van der Waals surface area contributed by atoms with Crippen LogP contribution < -0.4 is 5.32 Å². The van der Waals surface area contributed by atoms with Gasteiger partial charge in [-0.2, -0.15) is 0 Å². The number of anilines is 1. The van der Waals surface area contributed by atoms with Gasteiger partial charge in [-0.15, -0.1) is 0 Å². The number of para-hydroxylation sites is 1. The van der Waals surface area contributed by atoms with Crippen LogP contribution in [0.1, 0.15) is 56.5 Å². The van der Waals surface area contributed by atoms with Gasteiger partial charge in [-0.25, -0.2) is 0 Å². The fraction of sp³-hybridized carbons (Fsp3) is 0.312. The SMILES string of the molecule is CC(C)=CCc1cc(O)cc2c1N[C@H]1N3C(=O)/C4=C/c5c([nH]c6ccccc56)C(C)(C)/C=C\N4C(=O)[C@H]3C[C@@]21O. The number of amides is 2. The van der Waals surface area contributed by atoms with E-state index in [1.807, 2.05) is 44.2 Å². The van der Waals surface area contributed by atoms with Crippen molar-refractivity contribution < 1.29 is 19.8 Å². The number of piperazine rings is 1. The normalized spacial score (nSPS) is 27.9. The average Bonchev–Trinajstić information content (AvgIpc) is 3.51. The summed E-state index contributed by atoms with van der Waals surface area (Å²) in [7, 11) is 0. The molecule has 0 saturated carbocycles. The standard InChI is InChI=1S/C32H32N4O4/c1-17(2)9-10-18-13-19(37)14-22-26(18)34-30-32(22,40)16-25-28(38)35-12-11-31(3,4)27-21(15-24(35)29(39)36(25)30)20-7-5-6-8-23(20)33-27/h5-9,11-15,25,30,33-34,37,40H,10,16H2,1-4H3/b12-11-,24-15-/t25-,30+,32-/m1/s1. The van der Waals surface area contributed by atoms with Crippen LogP contribution in [0.3, 0.4) is 0 Å². The van der Waals surface area contributed by atoms with E-state index in [4.69, 9.17) is 0 Å². The molecular formula is C32H32N4O4. The van der Waals surface area contributed by atoms with Crippen LogP contribution in [0.25, 0.3) is 17.0 Å². The predicted octanol–water partition coefficient (Wildman–Crippen LogP) is 4.61.